The molecule has 0 aliphatic carbocycles. The SMILES string of the molecule is COc1ccc(C(CNc2ccc(C#N)c(Cl)c2)N2CCCC2)cc1. The monoisotopic (exact) mass is 355 g/mol. The average Bonchev–Trinajstić information content (AvgIpc) is 3.17. The molecule has 25 heavy (non-hydrogen) atoms. The van der Waals surface area contributed by atoms with E-state index in [2.05, 4.69) is 28.4 Å². The number of benzene rings is 2. The second-order valence-corrected chi connectivity index (χ2v) is 6.63. The molecule has 0 amide bonds. The van der Waals surface area contributed by atoms with E-state index in [0.29, 0.717) is 16.6 Å². The van der Waals surface area contributed by atoms with Crippen LogP contribution in [0, 0.1) is 11.3 Å². The highest BCUT2D eigenvalue weighted by molar-refractivity contribution is 6.32. The first-order valence-corrected chi connectivity index (χ1v) is 8.90. The lowest BCUT2D eigenvalue weighted by molar-refractivity contribution is 0.256. The van der Waals surface area contributed by atoms with Crippen molar-refractivity contribution in [3.63, 3.8) is 0 Å². The van der Waals surface area contributed by atoms with Crippen LogP contribution in [0.4, 0.5) is 5.69 Å². The molecule has 1 heterocycles. The maximum Gasteiger partial charge on any atom is 0.118 e. The van der Waals surface area contributed by atoms with E-state index in [1.54, 1.807) is 13.2 Å². The van der Waals surface area contributed by atoms with E-state index in [4.69, 9.17) is 21.6 Å². The molecule has 4 nitrogen and oxygen atoms in total. The van der Waals surface area contributed by atoms with Gasteiger partial charge in [0.05, 0.1) is 23.7 Å². The Hall–Kier alpha value is -2.22. The first-order valence-electron chi connectivity index (χ1n) is 8.53. The van der Waals surface area contributed by atoms with Gasteiger partial charge in [0.1, 0.15) is 11.8 Å². The largest absolute Gasteiger partial charge is 0.497 e. The predicted octanol–water partition coefficient (Wildman–Crippen LogP) is 4.47. The highest BCUT2D eigenvalue weighted by atomic mass is 35.5. The Labute approximate surface area is 154 Å². The zero-order chi connectivity index (χ0) is 17.6. The lowest BCUT2D eigenvalue weighted by Gasteiger charge is -2.28. The van der Waals surface area contributed by atoms with Gasteiger partial charge < -0.3 is 10.1 Å². The average molecular weight is 356 g/mol. The van der Waals surface area contributed by atoms with Crippen LogP contribution in [0.1, 0.15) is 30.0 Å². The van der Waals surface area contributed by atoms with Gasteiger partial charge in [0.2, 0.25) is 0 Å². The third-order valence-electron chi connectivity index (χ3n) is 4.67. The van der Waals surface area contributed by atoms with Gasteiger partial charge in [-0.1, -0.05) is 23.7 Å². The van der Waals surface area contributed by atoms with Gasteiger partial charge in [-0.2, -0.15) is 5.26 Å². The van der Waals surface area contributed by atoms with Crippen LogP contribution in [-0.2, 0) is 0 Å². The summed E-state index contributed by atoms with van der Waals surface area (Å²) >= 11 is 6.14. The molecule has 1 atom stereocenters. The van der Waals surface area contributed by atoms with Crippen LogP contribution in [0.3, 0.4) is 0 Å². The van der Waals surface area contributed by atoms with Gasteiger partial charge in [-0.3, -0.25) is 4.90 Å². The number of methoxy groups -OCH3 is 1. The Morgan fingerprint density at radius 2 is 1.92 bits per heavy atom. The van der Waals surface area contributed by atoms with Crippen molar-refractivity contribution in [1.82, 2.24) is 4.90 Å². The minimum absolute atomic E-state index is 0.294. The highest BCUT2D eigenvalue weighted by Gasteiger charge is 2.23. The van der Waals surface area contributed by atoms with Crippen LogP contribution in [0.25, 0.3) is 0 Å². The number of nitrogens with one attached hydrogen (secondary N) is 1. The Balaban J connectivity index is 1.75. The lowest BCUT2D eigenvalue weighted by Crippen LogP contribution is -2.31. The molecule has 2 aromatic carbocycles. The van der Waals surface area contributed by atoms with Gasteiger partial charge in [0.15, 0.2) is 0 Å². The zero-order valence-corrected chi connectivity index (χ0v) is 15.1. The van der Waals surface area contributed by atoms with Gasteiger partial charge in [-0.25, -0.2) is 0 Å². The molecule has 1 aliphatic heterocycles. The fourth-order valence-electron chi connectivity index (χ4n) is 3.27. The van der Waals surface area contributed by atoms with Gasteiger partial charge in [0.25, 0.3) is 0 Å². The molecule has 1 saturated heterocycles. The molecule has 1 unspecified atom stereocenters. The fourth-order valence-corrected chi connectivity index (χ4v) is 3.49. The summed E-state index contributed by atoms with van der Waals surface area (Å²) in [6.07, 6.45) is 2.49. The molecule has 0 radical (unpaired) electrons. The van der Waals surface area contributed by atoms with E-state index in [-0.39, 0.29) is 0 Å². The molecule has 1 N–H and O–H groups in total. The minimum atomic E-state index is 0.294. The molecule has 0 spiro atoms. The molecule has 5 heteroatoms. The quantitative estimate of drug-likeness (QED) is 0.830. The number of nitriles is 1. The molecule has 0 saturated carbocycles. The first-order chi connectivity index (χ1) is 12.2. The highest BCUT2D eigenvalue weighted by Crippen LogP contribution is 2.28. The van der Waals surface area contributed by atoms with Gasteiger partial charge in [-0.15, -0.1) is 0 Å². The van der Waals surface area contributed by atoms with Crippen LogP contribution in [0.2, 0.25) is 5.02 Å². The van der Waals surface area contributed by atoms with Crippen molar-refractivity contribution >= 4 is 17.3 Å². The minimum Gasteiger partial charge on any atom is -0.497 e. The Kier molecular flexibility index (Phi) is 5.80. The summed E-state index contributed by atoms with van der Waals surface area (Å²) in [6, 6.07) is 16.1. The van der Waals surface area contributed by atoms with Crippen LogP contribution in [0.5, 0.6) is 5.75 Å². The Morgan fingerprint density at radius 1 is 1.20 bits per heavy atom. The van der Waals surface area contributed by atoms with Crippen LogP contribution in [-0.4, -0.2) is 31.6 Å². The van der Waals surface area contributed by atoms with E-state index in [0.717, 1.165) is 31.1 Å². The van der Waals surface area contributed by atoms with E-state index in [1.165, 1.54) is 18.4 Å². The standard InChI is InChI=1S/C20H22ClN3O/c1-25-18-8-5-15(6-9-18)20(24-10-2-3-11-24)14-23-17-7-4-16(13-22)19(21)12-17/h4-9,12,20,23H,2-3,10-11,14H2,1H3. The smallest absolute Gasteiger partial charge is 0.118 e. The van der Waals surface area contributed by atoms with Gasteiger partial charge >= 0.3 is 0 Å². The van der Waals surface area contributed by atoms with Crippen LogP contribution >= 0.6 is 11.6 Å². The second-order valence-electron chi connectivity index (χ2n) is 6.22. The van der Waals surface area contributed by atoms with Crippen molar-refractivity contribution in [2.24, 2.45) is 0 Å². The van der Waals surface area contributed by atoms with Crippen LogP contribution < -0.4 is 10.1 Å². The maximum atomic E-state index is 8.99. The molecular formula is C20H22ClN3O. The van der Waals surface area contributed by atoms with E-state index >= 15 is 0 Å². The van der Waals surface area contributed by atoms with E-state index < -0.39 is 0 Å². The number of likely N-dealkylation sites (tertiary alicyclic amines) is 1. The third-order valence-corrected chi connectivity index (χ3v) is 4.98. The molecule has 130 valence electrons. The molecule has 1 aliphatic rings. The topological polar surface area (TPSA) is 48.3 Å². The summed E-state index contributed by atoms with van der Waals surface area (Å²) < 4.78 is 5.27. The van der Waals surface area contributed by atoms with Crippen LogP contribution in [0.15, 0.2) is 42.5 Å². The molecule has 0 bridgehead atoms. The lowest BCUT2D eigenvalue weighted by atomic mass is 10.0. The van der Waals surface area contributed by atoms with E-state index in [1.807, 2.05) is 24.3 Å². The number of rotatable bonds is 6. The van der Waals surface area contributed by atoms with Crippen molar-refractivity contribution in [3.8, 4) is 11.8 Å². The van der Waals surface area contributed by atoms with Crippen molar-refractivity contribution in [1.29, 1.82) is 5.26 Å². The summed E-state index contributed by atoms with van der Waals surface area (Å²) in [5, 5.41) is 12.9. The number of anilines is 1. The van der Waals surface area contributed by atoms with Crippen molar-refractivity contribution in [2.45, 2.75) is 18.9 Å². The summed E-state index contributed by atoms with van der Waals surface area (Å²) in [4.78, 5) is 2.51. The van der Waals surface area contributed by atoms with Gasteiger partial charge in [0, 0.05) is 12.2 Å². The molecular weight excluding hydrogens is 334 g/mol. The summed E-state index contributed by atoms with van der Waals surface area (Å²) in [5.41, 5.74) is 2.70. The fraction of sp³-hybridized carbons (Fsp3) is 0.350. The molecule has 0 aromatic heterocycles. The summed E-state index contributed by atoms with van der Waals surface area (Å²) in [6.45, 7) is 3.02. The maximum absolute atomic E-state index is 8.99. The number of halogens is 1. The first kappa shape index (κ1) is 17.6. The second kappa shape index (κ2) is 8.24. The third kappa shape index (κ3) is 4.25. The zero-order valence-electron chi connectivity index (χ0n) is 14.3. The molecule has 1 fully saturated rings. The summed E-state index contributed by atoms with van der Waals surface area (Å²) in [7, 11) is 1.68. The van der Waals surface area contributed by atoms with Crippen molar-refractivity contribution < 1.29 is 4.74 Å². The summed E-state index contributed by atoms with van der Waals surface area (Å²) in [5.74, 6) is 0.871. The Morgan fingerprint density at radius 3 is 2.52 bits per heavy atom. The van der Waals surface area contributed by atoms with Crippen molar-refractivity contribution in [3.05, 3.63) is 58.6 Å². The van der Waals surface area contributed by atoms with E-state index in [9.17, 15) is 0 Å². The molecule has 2 aromatic rings. The predicted molar refractivity (Wildman–Crippen MR) is 101 cm³/mol. The number of ether oxygens (including phenoxy) is 1. The number of nitrogens with zero attached hydrogens (tertiary/aromatic N) is 2. The number of hydrogen-bond acceptors (Lipinski definition) is 4. The van der Waals surface area contributed by atoms with Crippen molar-refractivity contribution in [2.75, 3.05) is 32.1 Å². The Bertz CT molecular complexity index is 749. The normalized spacial score (nSPS) is 15.6. The van der Waals surface area contributed by atoms with Gasteiger partial charge in [-0.05, 0) is 61.8 Å². The molecule has 3 rings (SSSR count). The number of hydrogen-bond donors (Lipinski definition) is 1.